The molecule has 1 aliphatic rings. The Kier molecular flexibility index (Phi) is 2.28. The Hall–Kier alpha value is -0.120. The lowest BCUT2D eigenvalue weighted by atomic mass is 10.0. The van der Waals surface area contributed by atoms with Crippen LogP contribution in [0, 0.1) is 0 Å². The molecule has 1 saturated heterocycles. The molecule has 1 unspecified atom stereocenters. The summed E-state index contributed by atoms with van der Waals surface area (Å²) >= 11 is 0. The fourth-order valence-corrected chi connectivity index (χ4v) is 0.978. The Balaban J connectivity index is 2.31. The summed E-state index contributed by atoms with van der Waals surface area (Å²) in [5.74, 6) is 0. The Labute approximate surface area is 61.9 Å². The average Bonchev–Trinajstić information content (AvgIpc) is 1.88. The lowest BCUT2D eigenvalue weighted by molar-refractivity contribution is -0.0162. The van der Waals surface area contributed by atoms with Gasteiger partial charge in [0.25, 0.3) is 0 Å². The monoisotopic (exact) mass is 144 g/mol. The molecule has 3 heteroatoms. The van der Waals surface area contributed by atoms with Crippen molar-refractivity contribution < 1.29 is 4.74 Å². The quantitative estimate of drug-likeness (QED) is 0.532. The van der Waals surface area contributed by atoms with Crippen LogP contribution in [0.4, 0.5) is 0 Å². The largest absolute Gasteiger partial charge is 0.374 e. The van der Waals surface area contributed by atoms with E-state index in [2.05, 4.69) is 19.2 Å². The summed E-state index contributed by atoms with van der Waals surface area (Å²) in [6.07, 6.45) is 0.216. The van der Waals surface area contributed by atoms with Gasteiger partial charge in [-0.15, -0.1) is 0 Å². The van der Waals surface area contributed by atoms with E-state index in [0.29, 0.717) is 6.54 Å². The zero-order valence-electron chi connectivity index (χ0n) is 6.68. The molecular weight excluding hydrogens is 128 g/mol. The highest BCUT2D eigenvalue weighted by Gasteiger charge is 2.25. The van der Waals surface area contributed by atoms with E-state index >= 15 is 0 Å². The maximum atomic E-state index is 5.45. The van der Waals surface area contributed by atoms with Gasteiger partial charge in [-0.2, -0.15) is 0 Å². The number of hydrogen-bond donors (Lipinski definition) is 2. The second-order valence-electron chi connectivity index (χ2n) is 3.43. The molecule has 0 aromatic rings. The summed E-state index contributed by atoms with van der Waals surface area (Å²) in [4.78, 5) is 0. The van der Waals surface area contributed by atoms with Gasteiger partial charge in [-0.25, -0.2) is 0 Å². The second-order valence-corrected chi connectivity index (χ2v) is 3.43. The first-order chi connectivity index (χ1) is 4.64. The third-order valence-corrected chi connectivity index (χ3v) is 1.75. The predicted molar refractivity (Wildman–Crippen MR) is 40.9 cm³/mol. The van der Waals surface area contributed by atoms with Crippen molar-refractivity contribution in [2.45, 2.75) is 25.5 Å². The van der Waals surface area contributed by atoms with Crippen molar-refractivity contribution in [2.24, 2.45) is 5.73 Å². The van der Waals surface area contributed by atoms with Crippen LogP contribution >= 0.6 is 0 Å². The predicted octanol–water partition coefficient (Wildman–Crippen LogP) is -0.288. The Bertz CT molecular complexity index is 104. The SMILES string of the molecule is CC1(C)COC(CN)CN1. The average molecular weight is 144 g/mol. The molecule has 0 aromatic carbocycles. The molecule has 3 N–H and O–H groups in total. The molecule has 0 saturated carbocycles. The number of ether oxygens (including phenoxy) is 1. The molecule has 60 valence electrons. The first-order valence-corrected chi connectivity index (χ1v) is 3.71. The molecule has 1 heterocycles. The van der Waals surface area contributed by atoms with Crippen LogP contribution in [0.15, 0.2) is 0 Å². The third kappa shape index (κ3) is 1.94. The minimum Gasteiger partial charge on any atom is -0.374 e. The third-order valence-electron chi connectivity index (χ3n) is 1.75. The molecule has 0 aromatic heterocycles. The van der Waals surface area contributed by atoms with Gasteiger partial charge in [-0.3, -0.25) is 0 Å². The molecular formula is C7H16N2O. The van der Waals surface area contributed by atoms with Gasteiger partial charge in [0.05, 0.1) is 12.7 Å². The lowest BCUT2D eigenvalue weighted by Crippen LogP contribution is -2.54. The summed E-state index contributed by atoms with van der Waals surface area (Å²) in [5, 5.41) is 3.35. The van der Waals surface area contributed by atoms with Crippen molar-refractivity contribution in [3.63, 3.8) is 0 Å². The fourth-order valence-electron chi connectivity index (χ4n) is 0.978. The highest BCUT2D eigenvalue weighted by Crippen LogP contribution is 2.09. The minimum absolute atomic E-state index is 0.131. The van der Waals surface area contributed by atoms with Crippen LogP contribution in [-0.2, 0) is 4.74 Å². The summed E-state index contributed by atoms with van der Waals surface area (Å²) in [7, 11) is 0. The topological polar surface area (TPSA) is 47.3 Å². The molecule has 0 spiro atoms. The molecule has 0 aliphatic carbocycles. The van der Waals surface area contributed by atoms with E-state index < -0.39 is 0 Å². The number of morpholine rings is 1. The summed E-state index contributed by atoms with van der Waals surface area (Å²) in [6.45, 7) is 6.50. The highest BCUT2D eigenvalue weighted by atomic mass is 16.5. The van der Waals surface area contributed by atoms with Crippen molar-refractivity contribution in [2.75, 3.05) is 19.7 Å². The molecule has 0 amide bonds. The Morgan fingerprint density at radius 1 is 1.70 bits per heavy atom. The van der Waals surface area contributed by atoms with Gasteiger partial charge in [0.2, 0.25) is 0 Å². The van der Waals surface area contributed by atoms with Crippen molar-refractivity contribution in [1.29, 1.82) is 0 Å². The molecule has 0 bridgehead atoms. The van der Waals surface area contributed by atoms with Gasteiger partial charge in [-0.05, 0) is 13.8 Å². The van der Waals surface area contributed by atoms with Crippen molar-refractivity contribution >= 4 is 0 Å². The lowest BCUT2D eigenvalue weighted by Gasteiger charge is -2.35. The Morgan fingerprint density at radius 3 is 2.80 bits per heavy atom. The minimum atomic E-state index is 0.131. The van der Waals surface area contributed by atoms with E-state index in [-0.39, 0.29) is 11.6 Å². The van der Waals surface area contributed by atoms with Crippen LogP contribution < -0.4 is 11.1 Å². The Morgan fingerprint density at radius 2 is 2.40 bits per heavy atom. The first-order valence-electron chi connectivity index (χ1n) is 3.71. The van der Waals surface area contributed by atoms with Crippen LogP contribution in [0.3, 0.4) is 0 Å². The zero-order valence-corrected chi connectivity index (χ0v) is 6.68. The van der Waals surface area contributed by atoms with Crippen LogP contribution in [-0.4, -0.2) is 31.3 Å². The van der Waals surface area contributed by atoms with E-state index in [1.807, 2.05) is 0 Å². The van der Waals surface area contributed by atoms with Crippen LogP contribution in [0.1, 0.15) is 13.8 Å². The normalized spacial score (nSPS) is 32.1. The highest BCUT2D eigenvalue weighted by molar-refractivity contribution is 4.83. The van der Waals surface area contributed by atoms with E-state index in [4.69, 9.17) is 10.5 Å². The number of rotatable bonds is 1. The van der Waals surface area contributed by atoms with Gasteiger partial charge in [0.1, 0.15) is 0 Å². The smallest absolute Gasteiger partial charge is 0.0822 e. The molecule has 10 heavy (non-hydrogen) atoms. The summed E-state index contributed by atoms with van der Waals surface area (Å²) in [5.41, 5.74) is 5.56. The molecule has 3 nitrogen and oxygen atoms in total. The standard InChI is InChI=1S/C7H16N2O/c1-7(2)5-10-6(3-8)4-9-7/h6,9H,3-5,8H2,1-2H3. The van der Waals surface area contributed by atoms with Crippen LogP contribution in [0.5, 0.6) is 0 Å². The van der Waals surface area contributed by atoms with E-state index in [9.17, 15) is 0 Å². The fraction of sp³-hybridized carbons (Fsp3) is 1.00. The molecule has 0 radical (unpaired) electrons. The van der Waals surface area contributed by atoms with Gasteiger partial charge >= 0.3 is 0 Å². The van der Waals surface area contributed by atoms with Crippen molar-refractivity contribution in [3.8, 4) is 0 Å². The van der Waals surface area contributed by atoms with Crippen LogP contribution in [0.25, 0.3) is 0 Å². The molecule has 1 aliphatic heterocycles. The zero-order chi connectivity index (χ0) is 7.61. The van der Waals surface area contributed by atoms with Gasteiger partial charge in [0.15, 0.2) is 0 Å². The summed E-state index contributed by atoms with van der Waals surface area (Å²) < 4.78 is 5.45. The number of hydrogen-bond acceptors (Lipinski definition) is 3. The van der Waals surface area contributed by atoms with E-state index in [0.717, 1.165) is 13.2 Å². The maximum Gasteiger partial charge on any atom is 0.0822 e. The van der Waals surface area contributed by atoms with E-state index in [1.54, 1.807) is 0 Å². The van der Waals surface area contributed by atoms with Crippen molar-refractivity contribution in [1.82, 2.24) is 5.32 Å². The van der Waals surface area contributed by atoms with E-state index in [1.165, 1.54) is 0 Å². The first kappa shape index (κ1) is 7.98. The van der Waals surface area contributed by atoms with Crippen molar-refractivity contribution in [3.05, 3.63) is 0 Å². The number of nitrogens with two attached hydrogens (primary N) is 1. The van der Waals surface area contributed by atoms with Gasteiger partial charge in [-0.1, -0.05) is 0 Å². The second kappa shape index (κ2) is 2.86. The number of nitrogens with one attached hydrogen (secondary N) is 1. The maximum absolute atomic E-state index is 5.45. The molecule has 1 rings (SSSR count). The summed E-state index contributed by atoms with van der Waals surface area (Å²) in [6, 6.07) is 0. The van der Waals surface area contributed by atoms with Gasteiger partial charge in [0, 0.05) is 18.6 Å². The molecule has 1 atom stereocenters. The van der Waals surface area contributed by atoms with Crippen LogP contribution in [0.2, 0.25) is 0 Å². The molecule has 1 fully saturated rings. The van der Waals surface area contributed by atoms with Gasteiger partial charge < -0.3 is 15.8 Å².